The lowest BCUT2D eigenvalue weighted by Gasteiger charge is -2.13. The summed E-state index contributed by atoms with van der Waals surface area (Å²) >= 11 is 0. The van der Waals surface area contributed by atoms with E-state index in [2.05, 4.69) is 0 Å². The van der Waals surface area contributed by atoms with Gasteiger partial charge >= 0.3 is 0 Å². The van der Waals surface area contributed by atoms with E-state index < -0.39 is 0 Å². The van der Waals surface area contributed by atoms with Gasteiger partial charge in [-0.2, -0.15) is 0 Å². The first-order valence-corrected chi connectivity index (χ1v) is 8.42. The molecule has 0 N–H and O–H groups in total. The maximum Gasteiger partial charge on any atom is 0.153 e. The molecule has 0 fully saturated rings. The molecule has 0 saturated heterocycles. The zero-order valence-corrected chi connectivity index (χ0v) is 14.7. The molecule has 0 unspecified atom stereocenters. The molecule has 0 atom stereocenters. The van der Waals surface area contributed by atoms with Gasteiger partial charge in [0.05, 0.1) is 11.1 Å². The van der Waals surface area contributed by atoms with Gasteiger partial charge in [0.15, 0.2) is 12.6 Å². The Morgan fingerprint density at radius 1 is 0.643 bits per heavy atom. The minimum absolute atomic E-state index is 0.106. The van der Waals surface area contributed by atoms with E-state index in [0.717, 1.165) is 0 Å². The second-order valence-corrected chi connectivity index (χ2v) is 5.99. The molecule has 0 spiro atoms. The first kappa shape index (κ1) is 19.2. The van der Waals surface area contributed by atoms with Crippen molar-refractivity contribution in [3.8, 4) is 11.5 Å². The highest BCUT2D eigenvalue weighted by Crippen LogP contribution is 2.28. The maximum absolute atomic E-state index is 13.0. The predicted octanol–water partition coefficient (Wildman–Crippen LogP) is 4.75. The Kier molecular flexibility index (Phi) is 6.11. The molecule has 3 aromatic rings. The van der Waals surface area contributed by atoms with E-state index in [9.17, 15) is 18.4 Å². The number of carbonyl (C=O) groups excluding carboxylic acids is 2. The van der Waals surface area contributed by atoms with Crippen LogP contribution in [-0.4, -0.2) is 12.6 Å². The van der Waals surface area contributed by atoms with Crippen LogP contribution in [0.15, 0.2) is 60.7 Å². The Morgan fingerprint density at radius 2 is 1.00 bits per heavy atom. The van der Waals surface area contributed by atoms with E-state index >= 15 is 0 Å². The van der Waals surface area contributed by atoms with Crippen molar-refractivity contribution < 1.29 is 27.8 Å². The molecule has 6 heteroatoms. The predicted molar refractivity (Wildman–Crippen MR) is 98.7 cm³/mol. The molecule has 3 aromatic carbocycles. The van der Waals surface area contributed by atoms with Crippen molar-refractivity contribution in [1.29, 1.82) is 0 Å². The molecule has 0 radical (unpaired) electrons. The summed E-state index contributed by atoms with van der Waals surface area (Å²) in [5, 5.41) is 0. The lowest BCUT2D eigenvalue weighted by atomic mass is 10.1. The Morgan fingerprint density at radius 3 is 1.32 bits per heavy atom. The van der Waals surface area contributed by atoms with E-state index in [1.54, 1.807) is 24.3 Å². The third-order valence-electron chi connectivity index (χ3n) is 4.01. The van der Waals surface area contributed by atoms with Crippen molar-refractivity contribution in [2.75, 3.05) is 0 Å². The fraction of sp³-hybridized carbons (Fsp3) is 0.0909. The van der Waals surface area contributed by atoms with Gasteiger partial charge in [0.2, 0.25) is 0 Å². The summed E-state index contributed by atoms with van der Waals surface area (Å²) in [4.78, 5) is 22.9. The molecule has 0 aliphatic heterocycles. The molecule has 4 nitrogen and oxygen atoms in total. The smallest absolute Gasteiger partial charge is 0.153 e. The number of benzene rings is 3. The third-order valence-corrected chi connectivity index (χ3v) is 4.01. The van der Waals surface area contributed by atoms with Crippen LogP contribution in [0.1, 0.15) is 31.8 Å². The fourth-order valence-electron chi connectivity index (χ4n) is 2.51. The summed E-state index contributed by atoms with van der Waals surface area (Å²) in [6.07, 6.45) is 1.19. The van der Waals surface area contributed by atoms with Crippen LogP contribution in [0, 0.1) is 11.6 Å². The van der Waals surface area contributed by atoms with Gasteiger partial charge in [0.25, 0.3) is 0 Å². The summed E-state index contributed by atoms with van der Waals surface area (Å²) < 4.78 is 37.2. The van der Waals surface area contributed by atoms with E-state index in [1.165, 1.54) is 36.4 Å². The zero-order valence-electron chi connectivity index (χ0n) is 14.7. The summed E-state index contributed by atoms with van der Waals surface area (Å²) in [7, 11) is 0. The van der Waals surface area contributed by atoms with Crippen LogP contribution in [0.4, 0.5) is 8.78 Å². The van der Waals surface area contributed by atoms with Crippen molar-refractivity contribution in [3.63, 3.8) is 0 Å². The summed E-state index contributed by atoms with van der Waals surface area (Å²) in [5.41, 5.74) is 1.84. The Hall–Kier alpha value is -3.54. The number of aldehydes is 2. The highest BCUT2D eigenvalue weighted by Gasteiger charge is 2.12. The summed E-state index contributed by atoms with van der Waals surface area (Å²) in [6.45, 7) is 0.213. The van der Waals surface area contributed by atoms with Gasteiger partial charge < -0.3 is 9.47 Å². The van der Waals surface area contributed by atoms with E-state index in [1.807, 2.05) is 0 Å². The topological polar surface area (TPSA) is 52.6 Å². The molecule has 0 aromatic heterocycles. The van der Waals surface area contributed by atoms with Crippen molar-refractivity contribution >= 4 is 12.6 Å². The van der Waals surface area contributed by atoms with E-state index in [4.69, 9.17) is 9.47 Å². The van der Waals surface area contributed by atoms with Crippen molar-refractivity contribution in [2.24, 2.45) is 0 Å². The van der Waals surface area contributed by atoms with Gasteiger partial charge in [0.1, 0.15) is 36.3 Å². The van der Waals surface area contributed by atoms with Gasteiger partial charge in [-0.3, -0.25) is 9.59 Å². The SMILES string of the molecule is O=Cc1cc(OCc2ccc(F)cc2)c(C=O)cc1OCc1ccc(F)cc1. The van der Waals surface area contributed by atoms with Crippen LogP contribution >= 0.6 is 0 Å². The molecule has 0 saturated carbocycles. The minimum atomic E-state index is -0.358. The average Bonchev–Trinajstić information content (AvgIpc) is 2.72. The average molecular weight is 382 g/mol. The van der Waals surface area contributed by atoms with Gasteiger partial charge in [-0.05, 0) is 47.5 Å². The summed E-state index contributed by atoms with van der Waals surface area (Å²) in [5.74, 6) is -0.280. The maximum atomic E-state index is 13.0. The summed E-state index contributed by atoms with van der Waals surface area (Å²) in [6, 6.07) is 14.3. The van der Waals surface area contributed by atoms with Crippen LogP contribution in [0.25, 0.3) is 0 Å². The van der Waals surface area contributed by atoms with Crippen LogP contribution in [0.3, 0.4) is 0 Å². The van der Waals surface area contributed by atoms with Gasteiger partial charge in [-0.25, -0.2) is 8.78 Å². The van der Waals surface area contributed by atoms with Crippen molar-refractivity contribution in [1.82, 2.24) is 0 Å². The van der Waals surface area contributed by atoms with E-state index in [0.29, 0.717) is 23.7 Å². The zero-order chi connectivity index (χ0) is 19.9. The lowest BCUT2D eigenvalue weighted by molar-refractivity contribution is 0.110. The first-order valence-electron chi connectivity index (χ1n) is 8.42. The standard InChI is InChI=1S/C22H16F2O4/c23-19-5-1-15(2-6-19)13-27-21-9-18(12-26)22(10-17(21)11-25)28-14-16-3-7-20(24)8-4-16/h1-12H,13-14H2. The number of carbonyl (C=O) groups is 2. The van der Waals surface area contributed by atoms with Crippen LogP contribution < -0.4 is 9.47 Å². The normalized spacial score (nSPS) is 10.4. The Labute approximate surface area is 160 Å². The molecule has 28 heavy (non-hydrogen) atoms. The molecule has 0 heterocycles. The van der Waals surface area contributed by atoms with Crippen LogP contribution in [-0.2, 0) is 13.2 Å². The molecule has 0 aliphatic rings. The fourth-order valence-corrected chi connectivity index (χ4v) is 2.51. The van der Waals surface area contributed by atoms with Crippen LogP contribution in [0.2, 0.25) is 0 Å². The van der Waals surface area contributed by atoms with Gasteiger partial charge in [0, 0.05) is 0 Å². The first-order chi connectivity index (χ1) is 13.6. The largest absolute Gasteiger partial charge is 0.488 e. The number of hydrogen-bond donors (Lipinski definition) is 0. The van der Waals surface area contributed by atoms with Crippen molar-refractivity contribution in [3.05, 3.63) is 94.6 Å². The second-order valence-electron chi connectivity index (χ2n) is 5.99. The Balaban J connectivity index is 1.76. The van der Waals surface area contributed by atoms with Gasteiger partial charge in [-0.1, -0.05) is 24.3 Å². The third kappa shape index (κ3) is 4.79. The second kappa shape index (κ2) is 8.90. The lowest BCUT2D eigenvalue weighted by Crippen LogP contribution is -2.03. The molecule has 0 bridgehead atoms. The number of halogens is 2. The van der Waals surface area contributed by atoms with Gasteiger partial charge in [-0.15, -0.1) is 0 Å². The molecule has 0 amide bonds. The molecule has 3 rings (SSSR count). The van der Waals surface area contributed by atoms with Crippen LogP contribution in [0.5, 0.6) is 11.5 Å². The highest BCUT2D eigenvalue weighted by molar-refractivity contribution is 5.87. The number of hydrogen-bond acceptors (Lipinski definition) is 4. The molecular weight excluding hydrogens is 366 g/mol. The monoisotopic (exact) mass is 382 g/mol. The number of ether oxygens (including phenoxy) is 2. The van der Waals surface area contributed by atoms with E-state index in [-0.39, 0.29) is 47.5 Å². The molecule has 0 aliphatic carbocycles. The molecular formula is C22H16F2O4. The highest BCUT2D eigenvalue weighted by atomic mass is 19.1. The minimum Gasteiger partial charge on any atom is -0.488 e. The number of rotatable bonds is 8. The quantitative estimate of drug-likeness (QED) is 0.528. The van der Waals surface area contributed by atoms with Crippen molar-refractivity contribution in [2.45, 2.75) is 13.2 Å². The molecule has 142 valence electrons. The Bertz CT molecular complexity index is 886.